The average Bonchev–Trinajstić information content (AvgIpc) is 3.78. The van der Waals surface area contributed by atoms with E-state index in [9.17, 15) is 9.59 Å². The van der Waals surface area contributed by atoms with Gasteiger partial charge in [0.2, 0.25) is 0 Å². The van der Waals surface area contributed by atoms with Crippen molar-refractivity contribution in [1.82, 2.24) is 9.80 Å². The van der Waals surface area contributed by atoms with Gasteiger partial charge in [-0.05, 0) is 67.3 Å². The Hall–Kier alpha value is -6.36. The Balaban J connectivity index is 0.901. The molecule has 2 atom stereocenters. The summed E-state index contributed by atoms with van der Waals surface area (Å²) < 4.78 is 23.6. The van der Waals surface area contributed by atoms with Crippen LogP contribution < -0.4 is 24.3 Å². The number of fused-ring (bicyclic) bond motifs is 4. The van der Waals surface area contributed by atoms with Crippen molar-refractivity contribution >= 4 is 52.5 Å². The van der Waals surface area contributed by atoms with Crippen LogP contribution >= 0.6 is 0 Å². The van der Waals surface area contributed by atoms with Gasteiger partial charge in [-0.15, -0.1) is 0 Å². The molecule has 4 aromatic rings. The Bertz CT molecular complexity index is 2290. The maximum atomic E-state index is 13.8. The Kier molecular flexibility index (Phi) is 10.1. The number of anilines is 1. The molecule has 4 aromatic carbocycles. The first-order valence-electron chi connectivity index (χ1n) is 19.0. The summed E-state index contributed by atoms with van der Waals surface area (Å²) in [5.41, 5.74) is 8.58. The molecular weight excluding hydrogens is 707 g/mol. The summed E-state index contributed by atoms with van der Waals surface area (Å²) in [6, 6.07) is 23.5. The van der Waals surface area contributed by atoms with Crippen molar-refractivity contribution in [2.45, 2.75) is 58.2 Å². The third kappa shape index (κ3) is 7.24. The first-order chi connectivity index (χ1) is 27.2. The zero-order valence-corrected chi connectivity index (χ0v) is 32.2. The van der Waals surface area contributed by atoms with Crippen molar-refractivity contribution in [2.75, 3.05) is 32.8 Å². The molecule has 0 aromatic heterocycles. The standard InChI is InChI=1S/C45H45N5O6/c1-27(2)48-33-13-11-30(12-14-33)32-18-35-24-47-39-22-43(41(54-5)20-37(39)45(52)50(35)26-32)56-16-6-15-55-42-21-38-36(19-40(42)53-4)44(51)49-25-31(17-34(49)23-46-38)29-9-7-28(3)8-10-29/h7-14,19-27,34-35,48H,6,15-18H2,1-5H3/t34-,35-/m0/s1. The average molecular weight is 752 g/mol. The van der Waals surface area contributed by atoms with E-state index in [1.165, 1.54) is 5.56 Å². The molecule has 0 bridgehead atoms. The number of carbonyl (C=O) groups is 2. The van der Waals surface area contributed by atoms with Crippen LogP contribution in [0.15, 0.2) is 95.2 Å². The summed E-state index contributed by atoms with van der Waals surface area (Å²) in [6.07, 6.45) is 9.42. The van der Waals surface area contributed by atoms with E-state index in [1.807, 2.05) is 24.8 Å². The van der Waals surface area contributed by atoms with Crippen molar-refractivity contribution in [3.63, 3.8) is 0 Å². The van der Waals surface area contributed by atoms with Gasteiger partial charge in [0.25, 0.3) is 11.8 Å². The van der Waals surface area contributed by atoms with Crippen LogP contribution in [0.1, 0.15) is 70.5 Å². The highest BCUT2D eigenvalue weighted by molar-refractivity contribution is 6.06. The molecule has 11 nitrogen and oxygen atoms in total. The molecule has 56 heavy (non-hydrogen) atoms. The molecule has 4 heterocycles. The lowest BCUT2D eigenvalue weighted by Crippen LogP contribution is -2.32. The Labute approximate surface area is 327 Å². The summed E-state index contributed by atoms with van der Waals surface area (Å²) in [5.74, 6) is 1.59. The predicted molar refractivity (Wildman–Crippen MR) is 219 cm³/mol. The number of amides is 2. The molecule has 286 valence electrons. The number of benzene rings is 4. The predicted octanol–water partition coefficient (Wildman–Crippen LogP) is 8.62. The van der Waals surface area contributed by atoms with Crippen molar-refractivity contribution in [3.05, 3.63) is 113 Å². The largest absolute Gasteiger partial charge is 0.493 e. The zero-order chi connectivity index (χ0) is 38.9. The number of rotatable bonds is 12. The van der Waals surface area contributed by atoms with E-state index in [0.29, 0.717) is 84.0 Å². The van der Waals surface area contributed by atoms with Gasteiger partial charge in [-0.3, -0.25) is 19.6 Å². The number of aryl methyl sites for hydroxylation is 1. The minimum Gasteiger partial charge on any atom is -0.493 e. The summed E-state index contributed by atoms with van der Waals surface area (Å²) in [5, 5.41) is 3.41. The molecule has 11 heteroatoms. The highest BCUT2D eigenvalue weighted by Crippen LogP contribution is 2.42. The molecule has 0 saturated heterocycles. The molecular formula is C45H45N5O6. The van der Waals surface area contributed by atoms with Crippen LogP contribution in [-0.2, 0) is 0 Å². The van der Waals surface area contributed by atoms with Crippen LogP contribution in [0, 0.1) is 6.92 Å². The second kappa shape index (κ2) is 15.4. The molecule has 1 N–H and O–H groups in total. The minimum atomic E-state index is -0.189. The molecule has 4 aliphatic heterocycles. The highest BCUT2D eigenvalue weighted by Gasteiger charge is 2.35. The summed E-state index contributed by atoms with van der Waals surface area (Å²) in [7, 11) is 3.11. The number of carbonyl (C=O) groups excluding carboxylic acids is 2. The lowest BCUT2D eigenvalue weighted by molar-refractivity contribution is 0.0809. The van der Waals surface area contributed by atoms with E-state index in [2.05, 4.69) is 74.6 Å². The molecule has 4 aliphatic rings. The molecule has 0 radical (unpaired) electrons. The molecule has 0 spiro atoms. The van der Waals surface area contributed by atoms with Gasteiger partial charge in [-0.25, -0.2) is 0 Å². The summed E-state index contributed by atoms with van der Waals surface area (Å²) in [4.78, 5) is 40.5. The van der Waals surface area contributed by atoms with Crippen molar-refractivity contribution < 1.29 is 28.5 Å². The smallest absolute Gasteiger partial charge is 0.260 e. The Morgan fingerprint density at radius 3 is 1.59 bits per heavy atom. The van der Waals surface area contributed by atoms with Crippen LogP contribution in [0.25, 0.3) is 11.1 Å². The van der Waals surface area contributed by atoms with E-state index in [-0.39, 0.29) is 23.9 Å². The number of hydrogen-bond acceptors (Lipinski definition) is 9. The van der Waals surface area contributed by atoms with Gasteiger partial charge in [0, 0.05) is 68.0 Å². The Morgan fingerprint density at radius 2 is 1.14 bits per heavy atom. The van der Waals surface area contributed by atoms with Crippen LogP contribution in [0.2, 0.25) is 0 Å². The van der Waals surface area contributed by atoms with Gasteiger partial charge >= 0.3 is 0 Å². The van der Waals surface area contributed by atoms with Crippen molar-refractivity contribution in [3.8, 4) is 23.0 Å². The van der Waals surface area contributed by atoms with Crippen LogP contribution in [0.3, 0.4) is 0 Å². The number of hydrogen-bond donors (Lipinski definition) is 1. The van der Waals surface area contributed by atoms with Gasteiger partial charge in [0.1, 0.15) is 0 Å². The first kappa shape index (κ1) is 36.6. The second-order valence-corrected chi connectivity index (χ2v) is 14.7. The minimum absolute atomic E-state index is 0.133. The fourth-order valence-electron chi connectivity index (χ4n) is 7.45. The molecule has 2 amide bonds. The fourth-order valence-corrected chi connectivity index (χ4v) is 7.45. The van der Waals surface area contributed by atoms with Crippen LogP contribution in [0.5, 0.6) is 23.0 Å². The summed E-state index contributed by atoms with van der Waals surface area (Å²) >= 11 is 0. The molecule has 0 fully saturated rings. The maximum absolute atomic E-state index is 13.8. The number of nitrogens with one attached hydrogen (secondary N) is 1. The Morgan fingerprint density at radius 1 is 0.679 bits per heavy atom. The van der Waals surface area contributed by atoms with Crippen molar-refractivity contribution in [1.29, 1.82) is 0 Å². The topological polar surface area (TPSA) is 114 Å². The molecule has 0 aliphatic carbocycles. The number of methoxy groups -OCH3 is 2. The summed E-state index contributed by atoms with van der Waals surface area (Å²) in [6.45, 7) is 6.91. The third-order valence-electron chi connectivity index (χ3n) is 10.4. The third-order valence-corrected chi connectivity index (χ3v) is 10.4. The van der Waals surface area contributed by atoms with E-state index in [4.69, 9.17) is 28.9 Å². The normalized spacial score (nSPS) is 18.0. The lowest BCUT2D eigenvalue weighted by Gasteiger charge is -2.19. The van der Waals surface area contributed by atoms with E-state index < -0.39 is 0 Å². The number of nitrogens with zero attached hydrogens (tertiary/aromatic N) is 4. The van der Waals surface area contributed by atoms with E-state index in [1.54, 1.807) is 48.3 Å². The van der Waals surface area contributed by atoms with Crippen LogP contribution in [-0.4, -0.2) is 79.6 Å². The van der Waals surface area contributed by atoms with Gasteiger partial charge in [-0.2, -0.15) is 0 Å². The maximum Gasteiger partial charge on any atom is 0.260 e. The first-order valence-corrected chi connectivity index (χ1v) is 19.0. The monoisotopic (exact) mass is 751 g/mol. The quantitative estimate of drug-likeness (QED) is 0.144. The van der Waals surface area contributed by atoms with Gasteiger partial charge in [-0.1, -0.05) is 42.0 Å². The molecule has 0 unspecified atom stereocenters. The lowest BCUT2D eigenvalue weighted by atomic mass is 10.0. The number of aliphatic imine (C=N–C) groups is 2. The van der Waals surface area contributed by atoms with E-state index in [0.717, 1.165) is 28.0 Å². The second-order valence-electron chi connectivity index (χ2n) is 14.7. The van der Waals surface area contributed by atoms with Gasteiger partial charge in [0.15, 0.2) is 23.0 Å². The number of ether oxygens (including phenoxy) is 4. The molecule has 8 rings (SSSR count). The fraction of sp³-hybridized carbons (Fsp3) is 0.289. The highest BCUT2D eigenvalue weighted by atomic mass is 16.5. The molecule has 0 saturated carbocycles. The van der Waals surface area contributed by atoms with Gasteiger partial charge < -0.3 is 34.1 Å². The van der Waals surface area contributed by atoms with Gasteiger partial charge in [0.05, 0.1) is 62.0 Å². The van der Waals surface area contributed by atoms with E-state index >= 15 is 0 Å². The zero-order valence-electron chi connectivity index (χ0n) is 32.2. The van der Waals surface area contributed by atoms with Crippen molar-refractivity contribution in [2.24, 2.45) is 9.98 Å². The van der Waals surface area contributed by atoms with Crippen LogP contribution in [0.4, 0.5) is 17.1 Å². The SMILES string of the molecule is COc1cc2c(cc1OCCCOc1cc3c(cc1OC)C(=O)N1C=C(c4ccc(NC(C)C)cc4)C[C@H]1C=N3)N=C[C@@H]1CC(c3ccc(C)cc3)=CN1C2=O.